The van der Waals surface area contributed by atoms with E-state index in [9.17, 15) is 8.42 Å². The minimum absolute atomic E-state index is 0.0944. The predicted octanol–water partition coefficient (Wildman–Crippen LogP) is -0.139. The lowest BCUT2D eigenvalue weighted by molar-refractivity contribution is 0.598. The molecule has 8 nitrogen and oxygen atoms in total. The SMILES string of the molecule is Cn1nnc(Cn2cc(S(N)(=O)=O)c3ccccc32)n1. The first-order valence-electron chi connectivity index (χ1n) is 5.79. The molecule has 2 N–H and O–H groups in total. The molecule has 0 saturated heterocycles. The van der Waals surface area contributed by atoms with Gasteiger partial charge in [-0.25, -0.2) is 13.6 Å². The van der Waals surface area contributed by atoms with E-state index in [1.165, 1.54) is 11.0 Å². The van der Waals surface area contributed by atoms with Gasteiger partial charge >= 0.3 is 0 Å². The van der Waals surface area contributed by atoms with Crippen molar-refractivity contribution in [3.8, 4) is 0 Å². The number of aromatic nitrogens is 5. The van der Waals surface area contributed by atoms with Crippen LogP contribution in [0.25, 0.3) is 10.9 Å². The zero-order chi connectivity index (χ0) is 14.3. The summed E-state index contributed by atoms with van der Waals surface area (Å²) in [6.07, 6.45) is 1.50. The van der Waals surface area contributed by atoms with Crippen molar-refractivity contribution in [3.63, 3.8) is 0 Å². The Hall–Kier alpha value is -2.26. The molecule has 0 unspecified atom stereocenters. The van der Waals surface area contributed by atoms with E-state index in [0.29, 0.717) is 17.8 Å². The second-order valence-corrected chi connectivity index (χ2v) is 5.91. The maximum atomic E-state index is 11.6. The van der Waals surface area contributed by atoms with Gasteiger partial charge in [-0.05, 0) is 11.3 Å². The highest BCUT2D eigenvalue weighted by atomic mass is 32.2. The molecule has 2 aromatic heterocycles. The third-order valence-corrected chi connectivity index (χ3v) is 3.86. The number of primary sulfonamides is 1. The molecule has 1 aromatic carbocycles. The Morgan fingerprint density at radius 2 is 2.05 bits per heavy atom. The van der Waals surface area contributed by atoms with Crippen LogP contribution in [0, 0.1) is 0 Å². The molecule has 0 radical (unpaired) electrons. The van der Waals surface area contributed by atoms with Crippen LogP contribution in [0.3, 0.4) is 0 Å². The van der Waals surface area contributed by atoms with Crippen molar-refractivity contribution in [1.82, 2.24) is 24.8 Å². The molecule has 0 atom stereocenters. The minimum Gasteiger partial charge on any atom is -0.338 e. The van der Waals surface area contributed by atoms with E-state index >= 15 is 0 Å². The number of tetrazole rings is 1. The molecule has 3 aromatic rings. The Balaban J connectivity index is 2.16. The smallest absolute Gasteiger partial charge is 0.240 e. The first-order chi connectivity index (χ1) is 9.45. The van der Waals surface area contributed by atoms with Gasteiger partial charge in [-0.15, -0.1) is 10.2 Å². The van der Waals surface area contributed by atoms with Crippen molar-refractivity contribution in [2.75, 3.05) is 0 Å². The maximum absolute atomic E-state index is 11.6. The standard InChI is InChI=1S/C11H12N6O2S/c1-16-14-11(13-15-16)7-17-6-10(20(12,18)19)8-4-2-3-5-9(8)17/h2-6H,7H2,1H3,(H2,12,18,19). The van der Waals surface area contributed by atoms with E-state index in [0.717, 1.165) is 5.52 Å². The Morgan fingerprint density at radius 3 is 2.70 bits per heavy atom. The van der Waals surface area contributed by atoms with Gasteiger partial charge in [-0.2, -0.15) is 4.80 Å². The summed E-state index contributed by atoms with van der Waals surface area (Å²) in [7, 11) is -2.11. The first kappa shape index (κ1) is 12.8. The second-order valence-electron chi connectivity index (χ2n) is 4.38. The van der Waals surface area contributed by atoms with Gasteiger partial charge in [-0.1, -0.05) is 18.2 Å². The fourth-order valence-electron chi connectivity index (χ4n) is 2.11. The summed E-state index contributed by atoms with van der Waals surface area (Å²) in [4.78, 5) is 1.44. The Kier molecular flexibility index (Phi) is 2.80. The molecule has 0 aliphatic heterocycles. The molecule has 0 fully saturated rings. The van der Waals surface area contributed by atoms with Crippen LogP contribution >= 0.6 is 0 Å². The number of rotatable bonds is 3. The van der Waals surface area contributed by atoms with Crippen molar-refractivity contribution in [2.24, 2.45) is 12.2 Å². The number of sulfonamides is 1. The van der Waals surface area contributed by atoms with Crippen molar-refractivity contribution in [1.29, 1.82) is 0 Å². The minimum atomic E-state index is -3.78. The highest BCUT2D eigenvalue weighted by Gasteiger charge is 2.17. The van der Waals surface area contributed by atoms with Gasteiger partial charge < -0.3 is 4.57 Å². The molecule has 20 heavy (non-hydrogen) atoms. The second kappa shape index (κ2) is 4.39. The van der Waals surface area contributed by atoms with E-state index in [-0.39, 0.29) is 4.90 Å². The van der Waals surface area contributed by atoms with Gasteiger partial charge in [0.2, 0.25) is 10.0 Å². The Morgan fingerprint density at radius 1 is 1.30 bits per heavy atom. The van der Waals surface area contributed by atoms with Gasteiger partial charge in [0.1, 0.15) is 4.90 Å². The van der Waals surface area contributed by atoms with Crippen LogP contribution in [0.1, 0.15) is 5.82 Å². The number of fused-ring (bicyclic) bond motifs is 1. The largest absolute Gasteiger partial charge is 0.338 e. The molecule has 3 rings (SSSR count). The maximum Gasteiger partial charge on any atom is 0.240 e. The molecule has 0 aliphatic rings. The molecule has 0 saturated carbocycles. The summed E-state index contributed by atoms with van der Waals surface area (Å²) in [5.41, 5.74) is 0.754. The van der Waals surface area contributed by atoms with Crippen LogP contribution in [0.4, 0.5) is 0 Å². The van der Waals surface area contributed by atoms with E-state index < -0.39 is 10.0 Å². The van der Waals surface area contributed by atoms with Crippen molar-refractivity contribution < 1.29 is 8.42 Å². The third-order valence-electron chi connectivity index (χ3n) is 2.92. The van der Waals surface area contributed by atoms with Crippen LogP contribution in [-0.4, -0.2) is 33.2 Å². The highest BCUT2D eigenvalue weighted by Crippen LogP contribution is 2.24. The monoisotopic (exact) mass is 292 g/mol. The average molecular weight is 292 g/mol. The topological polar surface area (TPSA) is 109 Å². The quantitative estimate of drug-likeness (QED) is 0.722. The molecule has 104 valence electrons. The average Bonchev–Trinajstić information content (AvgIpc) is 2.94. The molecule has 0 aliphatic carbocycles. The van der Waals surface area contributed by atoms with Crippen LogP contribution in [0.2, 0.25) is 0 Å². The lowest BCUT2D eigenvalue weighted by Gasteiger charge is -2.00. The predicted molar refractivity (Wildman–Crippen MR) is 71.2 cm³/mol. The van der Waals surface area contributed by atoms with Crippen LogP contribution < -0.4 is 5.14 Å². The van der Waals surface area contributed by atoms with Crippen molar-refractivity contribution in [2.45, 2.75) is 11.4 Å². The van der Waals surface area contributed by atoms with Crippen LogP contribution in [-0.2, 0) is 23.6 Å². The molecule has 0 bridgehead atoms. The normalized spacial score (nSPS) is 12.1. The van der Waals surface area contributed by atoms with Crippen LogP contribution in [0.15, 0.2) is 35.4 Å². The van der Waals surface area contributed by atoms with Gasteiger partial charge in [0.25, 0.3) is 0 Å². The van der Waals surface area contributed by atoms with E-state index in [4.69, 9.17) is 5.14 Å². The van der Waals surface area contributed by atoms with E-state index in [1.807, 2.05) is 12.1 Å². The Labute approximate surface area is 114 Å². The summed E-state index contributed by atoms with van der Waals surface area (Å²) in [5, 5.41) is 17.5. The first-order valence-corrected chi connectivity index (χ1v) is 7.33. The zero-order valence-corrected chi connectivity index (χ0v) is 11.4. The summed E-state index contributed by atoms with van der Waals surface area (Å²) in [5.74, 6) is 0.495. The van der Waals surface area contributed by atoms with Gasteiger partial charge in [-0.3, -0.25) is 0 Å². The number of benzene rings is 1. The number of hydrogen-bond donors (Lipinski definition) is 1. The van der Waals surface area contributed by atoms with Crippen LogP contribution in [0.5, 0.6) is 0 Å². The third kappa shape index (κ3) is 2.17. The fourth-order valence-corrected chi connectivity index (χ4v) is 2.86. The molecule has 9 heteroatoms. The molecule has 0 amide bonds. The summed E-state index contributed by atoms with van der Waals surface area (Å²) in [6.45, 7) is 0.323. The number of aryl methyl sites for hydroxylation is 1. The van der Waals surface area contributed by atoms with Gasteiger partial charge in [0, 0.05) is 17.1 Å². The van der Waals surface area contributed by atoms with E-state index in [2.05, 4.69) is 15.4 Å². The van der Waals surface area contributed by atoms with E-state index in [1.54, 1.807) is 23.7 Å². The number of nitrogens with two attached hydrogens (primary N) is 1. The van der Waals surface area contributed by atoms with Gasteiger partial charge in [0.05, 0.1) is 13.6 Å². The lowest BCUT2D eigenvalue weighted by atomic mass is 10.2. The highest BCUT2D eigenvalue weighted by molar-refractivity contribution is 7.89. The zero-order valence-electron chi connectivity index (χ0n) is 10.6. The number of para-hydroxylation sites is 1. The molecule has 0 spiro atoms. The Bertz CT molecular complexity index is 879. The molecule has 2 heterocycles. The molecular formula is C11H12N6O2S. The van der Waals surface area contributed by atoms with Crippen molar-refractivity contribution in [3.05, 3.63) is 36.3 Å². The number of hydrogen-bond acceptors (Lipinski definition) is 5. The number of nitrogens with zero attached hydrogens (tertiary/aromatic N) is 5. The molecular weight excluding hydrogens is 280 g/mol. The van der Waals surface area contributed by atoms with Crippen molar-refractivity contribution >= 4 is 20.9 Å². The summed E-state index contributed by atoms with van der Waals surface area (Å²) in [6, 6.07) is 7.13. The lowest BCUT2D eigenvalue weighted by Crippen LogP contribution is -2.11. The van der Waals surface area contributed by atoms with Gasteiger partial charge in [0.15, 0.2) is 5.82 Å². The summed E-state index contributed by atoms with van der Waals surface area (Å²) >= 11 is 0. The fraction of sp³-hybridized carbons (Fsp3) is 0.182. The summed E-state index contributed by atoms with van der Waals surface area (Å²) < 4.78 is 25.0.